The Morgan fingerprint density at radius 3 is 2.89 bits per heavy atom. The number of aromatic nitrogens is 1. The molecule has 1 N–H and O–H groups in total. The maximum atomic E-state index is 9.33. The number of nitrogens with zero attached hydrogens (tertiary/aromatic N) is 3. The van der Waals surface area contributed by atoms with E-state index in [0.29, 0.717) is 22.9 Å². The monoisotopic (exact) mass is 392 g/mol. The Labute approximate surface area is 169 Å². The van der Waals surface area contributed by atoms with E-state index in [-0.39, 0.29) is 0 Å². The van der Waals surface area contributed by atoms with Crippen LogP contribution in [-0.4, -0.2) is 30.6 Å². The molecule has 0 aliphatic carbocycles. The van der Waals surface area contributed by atoms with E-state index in [4.69, 9.17) is 21.3 Å². The summed E-state index contributed by atoms with van der Waals surface area (Å²) in [5.41, 5.74) is 5.99. The number of halogens is 1. The molecular weight excluding hydrogens is 372 g/mol. The van der Waals surface area contributed by atoms with Gasteiger partial charge in [0.1, 0.15) is 5.75 Å². The number of ether oxygens (including phenoxy) is 1. The second-order valence-electron chi connectivity index (χ2n) is 7.07. The Hall–Kier alpha value is -2.81. The third-order valence-corrected chi connectivity index (χ3v) is 5.44. The first-order valence-electron chi connectivity index (χ1n) is 9.19. The first-order chi connectivity index (χ1) is 13.6. The predicted molar refractivity (Wildman–Crippen MR) is 112 cm³/mol. The van der Waals surface area contributed by atoms with Crippen LogP contribution in [0.5, 0.6) is 5.75 Å². The lowest BCUT2D eigenvalue weighted by Gasteiger charge is -2.27. The van der Waals surface area contributed by atoms with Crippen LogP contribution >= 0.6 is 11.6 Å². The topological polar surface area (TPSA) is 61.2 Å². The van der Waals surface area contributed by atoms with Crippen molar-refractivity contribution in [1.82, 2.24) is 9.88 Å². The fourth-order valence-electron chi connectivity index (χ4n) is 3.66. The molecule has 0 unspecified atom stereocenters. The Kier molecular flexibility index (Phi) is 5.08. The van der Waals surface area contributed by atoms with Crippen LogP contribution in [-0.2, 0) is 19.5 Å². The van der Waals surface area contributed by atoms with Gasteiger partial charge in [0, 0.05) is 42.7 Å². The van der Waals surface area contributed by atoms with Crippen molar-refractivity contribution < 1.29 is 4.74 Å². The minimum atomic E-state index is 0.593. The Morgan fingerprint density at radius 1 is 1.29 bits per heavy atom. The van der Waals surface area contributed by atoms with E-state index in [1.807, 2.05) is 36.4 Å². The summed E-state index contributed by atoms with van der Waals surface area (Å²) in [6, 6.07) is 13.7. The summed E-state index contributed by atoms with van der Waals surface area (Å²) < 4.78 is 5.24. The number of nitrogens with one attached hydrogen (secondary N) is 1. The van der Waals surface area contributed by atoms with Gasteiger partial charge in [-0.15, -0.1) is 0 Å². The van der Waals surface area contributed by atoms with Crippen LogP contribution in [0.2, 0.25) is 5.02 Å². The van der Waals surface area contributed by atoms with E-state index >= 15 is 0 Å². The van der Waals surface area contributed by atoms with Crippen molar-refractivity contribution in [2.75, 3.05) is 26.0 Å². The van der Waals surface area contributed by atoms with Crippen LogP contribution in [0.1, 0.15) is 22.4 Å². The highest BCUT2D eigenvalue weighted by Gasteiger charge is 2.21. The number of pyridine rings is 1. The van der Waals surface area contributed by atoms with Gasteiger partial charge < -0.3 is 15.0 Å². The van der Waals surface area contributed by atoms with Crippen molar-refractivity contribution in [2.24, 2.45) is 0 Å². The number of methoxy groups -OCH3 is 1. The maximum absolute atomic E-state index is 9.33. The zero-order valence-electron chi connectivity index (χ0n) is 15.9. The van der Waals surface area contributed by atoms with E-state index in [1.165, 1.54) is 5.56 Å². The molecule has 2 heterocycles. The number of likely N-dealkylation sites (N-methyl/N-ethyl adjacent to an activating group) is 1. The quantitative estimate of drug-likeness (QED) is 0.714. The van der Waals surface area contributed by atoms with E-state index < -0.39 is 0 Å². The Balaban J connectivity index is 1.76. The molecule has 6 heteroatoms. The van der Waals surface area contributed by atoms with Crippen molar-refractivity contribution in [1.29, 1.82) is 5.26 Å². The van der Waals surface area contributed by atoms with Gasteiger partial charge in [0.05, 0.1) is 35.0 Å². The van der Waals surface area contributed by atoms with Crippen LogP contribution in [0.15, 0.2) is 36.4 Å². The van der Waals surface area contributed by atoms with Gasteiger partial charge in [-0.3, -0.25) is 4.98 Å². The molecule has 0 saturated carbocycles. The third-order valence-electron chi connectivity index (χ3n) is 5.14. The molecule has 1 aromatic heterocycles. The van der Waals surface area contributed by atoms with E-state index in [0.717, 1.165) is 47.4 Å². The third kappa shape index (κ3) is 3.49. The van der Waals surface area contributed by atoms with Crippen LogP contribution < -0.4 is 10.1 Å². The van der Waals surface area contributed by atoms with Crippen LogP contribution in [0.25, 0.3) is 10.9 Å². The van der Waals surface area contributed by atoms with Crippen LogP contribution in [0.4, 0.5) is 5.69 Å². The fraction of sp³-hybridized carbons (Fsp3) is 0.273. The van der Waals surface area contributed by atoms with E-state index in [1.54, 1.807) is 7.11 Å². The van der Waals surface area contributed by atoms with Gasteiger partial charge >= 0.3 is 0 Å². The zero-order valence-corrected chi connectivity index (χ0v) is 16.7. The Bertz CT molecular complexity index is 1090. The highest BCUT2D eigenvalue weighted by Crippen LogP contribution is 2.33. The van der Waals surface area contributed by atoms with Crippen molar-refractivity contribution in [3.63, 3.8) is 0 Å². The lowest BCUT2D eigenvalue weighted by molar-refractivity contribution is 0.311. The molecule has 0 bridgehead atoms. The molecule has 4 rings (SSSR count). The van der Waals surface area contributed by atoms with Crippen molar-refractivity contribution >= 4 is 28.2 Å². The van der Waals surface area contributed by atoms with Crippen LogP contribution in [0.3, 0.4) is 0 Å². The molecule has 0 saturated heterocycles. The second kappa shape index (κ2) is 7.67. The molecule has 0 radical (unpaired) electrons. The molecule has 0 spiro atoms. The summed E-state index contributed by atoms with van der Waals surface area (Å²) in [6.45, 7) is 2.45. The summed E-state index contributed by atoms with van der Waals surface area (Å²) in [6.07, 6.45) is 0.921. The minimum absolute atomic E-state index is 0.593. The molecule has 1 aliphatic heterocycles. The lowest BCUT2D eigenvalue weighted by atomic mass is 9.99. The van der Waals surface area contributed by atoms with E-state index in [9.17, 15) is 5.26 Å². The highest BCUT2D eigenvalue weighted by molar-refractivity contribution is 6.32. The molecule has 0 atom stereocenters. The first-order valence-corrected chi connectivity index (χ1v) is 9.57. The number of hydrogen-bond acceptors (Lipinski definition) is 5. The summed E-state index contributed by atoms with van der Waals surface area (Å²) >= 11 is 6.27. The SMILES string of the molecule is COc1ccc(CNc2c3c(nc4ccc(C#N)cc24)CCN(C)C3)cc1Cl. The van der Waals surface area contributed by atoms with Gasteiger partial charge in [-0.25, -0.2) is 0 Å². The zero-order chi connectivity index (χ0) is 19.7. The normalized spacial score (nSPS) is 13.8. The molecule has 5 nitrogen and oxygen atoms in total. The number of anilines is 1. The standard InChI is InChI=1S/C22H21ClN4O/c1-27-8-7-20-17(13-27)22(16-9-14(11-24)3-5-19(16)26-20)25-12-15-4-6-21(28-2)18(23)10-15/h3-6,9-10H,7-8,12-13H2,1-2H3,(H,25,26). The molecule has 2 aromatic carbocycles. The van der Waals surface area contributed by atoms with Crippen molar-refractivity contribution in [3.05, 3.63) is 63.8 Å². The molecule has 28 heavy (non-hydrogen) atoms. The number of hydrogen-bond donors (Lipinski definition) is 1. The van der Waals surface area contributed by atoms with Gasteiger partial charge in [-0.1, -0.05) is 17.7 Å². The summed E-state index contributed by atoms with van der Waals surface area (Å²) in [7, 11) is 3.73. The fourth-order valence-corrected chi connectivity index (χ4v) is 3.94. The first kappa shape index (κ1) is 18.5. The second-order valence-corrected chi connectivity index (χ2v) is 7.47. The molecule has 0 fully saturated rings. The van der Waals surface area contributed by atoms with Gasteiger partial charge in [-0.05, 0) is 42.9 Å². The average molecular weight is 393 g/mol. The molecule has 1 aliphatic rings. The summed E-state index contributed by atoms with van der Waals surface area (Å²) in [5.74, 6) is 0.664. The van der Waals surface area contributed by atoms with Gasteiger partial charge in [-0.2, -0.15) is 5.26 Å². The molecular formula is C22H21ClN4O. The molecule has 3 aromatic rings. The number of rotatable bonds is 4. The predicted octanol–water partition coefficient (Wildman–Crippen LogP) is 4.37. The largest absolute Gasteiger partial charge is 0.495 e. The van der Waals surface area contributed by atoms with Gasteiger partial charge in [0.15, 0.2) is 0 Å². The smallest absolute Gasteiger partial charge is 0.137 e. The van der Waals surface area contributed by atoms with E-state index in [2.05, 4.69) is 23.3 Å². The lowest BCUT2D eigenvalue weighted by Crippen LogP contribution is -2.28. The number of nitriles is 1. The average Bonchev–Trinajstić information content (AvgIpc) is 2.71. The summed E-state index contributed by atoms with van der Waals surface area (Å²) in [5, 5.41) is 14.5. The van der Waals surface area contributed by atoms with Crippen molar-refractivity contribution in [3.8, 4) is 11.8 Å². The number of fused-ring (bicyclic) bond motifs is 2. The maximum Gasteiger partial charge on any atom is 0.137 e. The Morgan fingerprint density at radius 2 is 2.14 bits per heavy atom. The summed E-state index contributed by atoms with van der Waals surface area (Å²) in [4.78, 5) is 7.16. The van der Waals surface area contributed by atoms with Gasteiger partial charge in [0.2, 0.25) is 0 Å². The number of benzene rings is 2. The minimum Gasteiger partial charge on any atom is -0.495 e. The van der Waals surface area contributed by atoms with Gasteiger partial charge in [0.25, 0.3) is 0 Å². The van der Waals surface area contributed by atoms with Crippen molar-refractivity contribution in [2.45, 2.75) is 19.5 Å². The highest BCUT2D eigenvalue weighted by atomic mass is 35.5. The molecule has 142 valence electrons. The molecule has 0 amide bonds. The van der Waals surface area contributed by atoms with Crippen LogP contribution in [0, 0.1) is 11.3 Å².